The van der Waals surface area contributed by atoms with Crippen LogP contribution in [0.1, 0.15) is 53.4 Å². The van der Waals surface area contributed by atoms with Gasteiger partial charge < -0.3 is 14.9 Å². The van der Waals surface area contributed by atoms with E-state index in [0.29, 0.717) is 19.3 Å². The number of benzene rings is 2. The summed E-state index contributed by atoms with van der Waals surface area (Å²) in [4.78, 5) is 36.1. The van der Waals surface area contributed by atoms with E-state index in [9.17, 15) is 24.6 Å². The fourth-order valence-electron chi connectivity index (χ4n) is 8.63. The number of fused-ring (bicyclic) bond motifs is 6. The molecule has 6 rings (SSSR count). The number of aliphatic hydroxyl groups excluding tert-OH is 1. The minimum Gasteiger partial charge on any atom is -0.458 e. The van der Waals surface area contributed by atoms with Crippen molar-refractivity contribution >= 4 is 28.3 Å². The van der Waals surface area contributed by atoms with Crippen LogP contribution in [0.2, 0.25) is 0 Å². The maximum atomic E-state index is 12.9. The molecule has 4 aliphatic rings. The molecule has 212 valence electrons. The minimum atomic E-state index is -1.61. The maximum Gasteiger partial charge on any atom is 0.303 e. The number of ketones is 2. The number of esters is 1. The zero-order chi connectivity index (χ0) is 28.9. The topological polar surface area (TPSA) is 101 Å². The van der Waals surface area contributed by atoms with Crippen molar-refractivity contribution < 1.29 is 29.3 Å². The number of allylic oxidation sites excluding steroid dienone is 4. The van der Waals surface area contributed by atoms with Gasteiger partial charge >= 0.3 is 5.97 Å². The van der Waals surface area contributed by atoms with E-state index in [-0.39, 0.29) is 29.5 Å². The lowest BCUT2D eigenvalue weighted by Crippen LogP contribution is -2.62. The largest absolute Gasteiger partial charge is 0.458 e. The quantitative estimate of drug-likeness (QED) is 0.515. The van der Waals surface area contributed by atoms with Crippen LogP contribution in [0.15, 0.2) is 72.3 Å². The van der Waals surface area contributed by atoms with E-state index in [2.05, 4.69) is 62.4 Å². The zero-order valence-electron chi connectivity index (χ0n) is 23.8. The molecule has 3 saturated carbocycles. The van der Waals surface area contributed by atoms with Gasteiger partial charge in [0.1, 0.15) is 5.60 Å². The fourth-order valence-corrected chi connectivity index (χ4v) is 8.63. The van der Waals surface area contributed by atoms with Crippen molar-refractivity contribution in [3.63, 3.8) is 0 Å². The first-order valence-electron chi connectivity index (χ1n) is 14.4. The molecule has 0 aromatic heterocycles. The molecule has 2 aromatic carbocycles. The summed E-state index contributed by atoms with van der Waals surface area (Å²) in [6, 6.07) is 16.7. The second-order valence-corrected chi connectivity index (χ2v) is 12.7. The minimum absolute atomic E-state index is 0.00535. The Kier molecular flexibility index (Phi) is 7.38. The van der Waals surface area contributed by atoms with E-state index in [4.69, 9.17) is 4.74 Å². The molecule has 0 amide bonds. The summed E-state index contributed by atoms with van der Waals surface area (Å²) < 4.78 is 4.89. The van der Waals surface area contributed by atoms with Crippen molar-refractivity contribution in [2.75, 3.05) is 6.61 Å². The second-order valence-electron chi connectivity index (χ2n) is 12.7. The van der Waals surface area contributed by atoms with Gasteiger partial charge in [-0.05, 0) is 66.4 Å². The van der Waals surface area contributed by atoms with E-state index in [1.807, 2.05) is 13.0 Å². The van der Waals surface area contributed by atoms with E-state index < -0.39 is 40.9 Å². The van der Waals surface area contributed by atoms with Crippen LogP contribution in [0.25, 0.3) is 10.8 Å². The molecule has 4 aliphatic carbocycles. The van der Waals surface area contributed by atoms with Crippen molar-refractivity contribution in [2.24, 2.45) is 34.5 Å². The standard InChI is InChI=1S/C24H32O6.C10H8/c1-13-9-16-17-6-8-24(29,20(28)12-30-14(2)25)23(17,4)11-19(27)21(16)22(3)7-5-15(26)10-18(13)22;1-2-6-10-8-4-3-7-9(10)5-1/h5,7,10,13,16-17,19,21,27,29H,6,8-9,11-12H2,1-4H3;1-8H/t13-,16-,17-,19-,21+,22-,23-,24-;/m0./s1. The number of aliphatic hydroxyl groups is 2. The molecule has 3 fully saturated rings. The average molecular weight is 545 g/mol. The molecule has 0 heterocycles. The predicted molar refractivity (Wildman–Crippen MR) is 153 cm³/mol. The van der Waals surface area contributed by atoms with Gasteiger partial charge in [-0.2, -0.15) is 0 Å². The predicted octanol–water partition coefficient (Wildman–Crippen LogP) is 5.21. The number of Topliss-reactive ketones (excluding diaryl/α,β-unsaturated/α-hetero) is 1. The number of hydrogen-bond donors (Lipinski definition) is 2. The summed E-state index contributed by atoms with van der Waals surface area (Å²) >= 11 is 0. The SMILES string of the molecule is CC(=O)OCC(=O)[C@@]1(O)CC[C@H]2[C@@H]3C[C@H](C)C4=CC(=O)C=C[C@]4(C)[C@H]3[C@@H](O)C[C@@]21C.c1ccc2ccccc2c1. The van der Waals surface area contributed by atoms with Gasteiger partial charge in [0.2, 0.25) is 5.78 Å². The number of carbonyl (C=O) groups is 3. The van der Waals surface area contributed by atoms with Crippen LogP contribution in [0.3, 0.4) is 0 Å². The first-order valence-corrected chi connectivity index (χ1v) is 14.4. The molecule has 40 heavy (non-hydrogen) atoms. The fraction of sp³-hybridized carbons (Fsp3) is 0.500. The highest BCUT2D eigenvalue weighted by Gasteiger charge is 2.68. The first-order chi connectivity index (χ1) is 18.9. The smallest absolute Gasteiger partial charge is 0.303 e. The van der Waals surface area contributed by atoms with E-state index in [1.165, 1.54) is 17.7 Å². The molecule has 0 saturated heterocycles. The summed E-state index contributed by atoms with van der Waals surface area (Å²) in [6.45, 7) is 6.94. The normalized spacial score (nSPS) is 37.8. The van der Waals surface area contributed by atoms with E-state index >= 15 is 0 Å². The van der Waals surface area contributed by atoms with E-state index in [0.717, 1.165) is 12.0 Å². The van der Waals surface area contributed by atoms with Crippen LogP contribution in [-0.4, -0.2) is 46.1 Å². The van der Waals surface area contributed by atoms with Gasteiger partial charge in [0.15, 0.2) is 12.4 Å². The number of hydrogen-bond acceptors (Lipinski definition) is 6. The molecule has 6 nitrogen and oxygen atoms in total. The maximum absolute atomic E-state index is 12.9. The molecular formula is C34H40O6. The van der Waals surface area contributed by atoms with Gasteiger partial charge in [0.25, 0.3) is 0 Å². The summed E-state index contributed by atoms with van der Waals surface area (Å²) in [5.41, 5.74) is -1.72. The molecular weight excluding hydrogens is 504 g/mol. The first kappa shape index (κ1) is 28.4. The highest BCUT2D eigenvalue weighted by atomic mass is 16.5. The molecule has 6 heteroatoms. The summed E-state index contributed by atoms with van der Waals surface area (Å²) in [5.74, 6) is -0.712. The molecule has 2 aromatic rings. The number of ether oxygens (including phenoxy) is 1. The molecule has 0 aliphatic heterocycles. The number of rotatable bonds is 3. The van der Waals surface area contributed by atoms with Gasteiger partial charge in [-0.1, -0.05) is 81.0 Å². The van der Waals surface area contributed by atoms with Gasteiger partial charge in [0.05, 0.1) is 6.10 Å². The molecule has 0 spiro atoms. The van der Waals surface area contributed by atoms with Crippen molar-refractivity contribution in [1.29, 1.82) is 0 Å². The van der Waals surface area contributed by atoms with Crippen molar-refractivity contribution in [3.8, 4) is 0 Å². The lowest BCUT2D eigenvalue weighted by atomic mass is 9.45. The van der Waals surface area contributed by atoms with Gasteiger partial charge in [0, 0.05) is 23.7 Å². The lowest BCUT2D eigenvalue weighted by Gasteiger charge is -2.60. The monoisotopic (exact) mass is 544 g/mol. The highest BCUT2D eigenvalue weighted by Crippen LogP contribution is 2.67. The molecule has 8 atom stereocenters. The number of carbonyl (C=O) groups excluding carboxylic acids is 3. The molecule has 0 bridgehead atoms. The lowest BCUT2D eigenvalue weighted by molar-refractivity contribution is -0.182. The second kappa shape index (κ2) is 10.4. The summed E-state index contributed by atoms with van der Waals surface area (Å²) in [6.07, 6.45) is 6.71. The van der Waals surface area contributed by atoms with Crippen LogP contribution in [0.5, 0.6) is 0 Å². The van der Waals surface area contributed by atoms with Crippen LogP contribution in [0, 0.1) is 34.5 Å². The average Bonchev–Trinajstić information content (AvgIpc) is 3.19. The Labute approximate surface area is 236 Å². The van der Waals surface area contributed by atoms with Gasteiger partial charge in [-0.3, -0.25) is 14.4 Å². The van der Waals surface area contributed by atoms with Crippen LogP contribution < -0.4 is 0 Å². The third-order valence-corrected chi connectivity index (χ3v) is 10.5. The Morgan fingerprint density at radius 1 is 1.05 bits per heavy atom. The van der Waals surface area contributed by atoms with Crippen LogP contribution >= 0.6 is 0 Å². The molecule has 0 unspecified atom stereocenters. The van der Waals surface area contributed by atoms with Gasteiger partial charge in [-0.25, -0.2) is 0 Å². The van der Waals surface area contributed by atoms with Crippen molar-refractivity contribution in [2.45, 2.75) is 65.1 Å². The Balaban J connectivity index is 0.000000269. The molecule has 0 radical (unpaired) electrons. The van der Waals surface area contributed by atoms with Crippen molar-refractivity contribution in [1.82, 2.24) is 0 Å². The summed E-state index contributed by atoms with van der Waals surface area (Å²) in [5, 5.41) is 25.5. The summed E-state index contributed by atoms with van der Waals surface area (Å²) in [7, 11) is 0. The Morgan fingerprint density at radius 3 is 2.23 bits per heavy atom. The third-order valence-electron chi connectivity index (χ3n) is 10.5. The molecule has 2 N–H and O–H groups in total. The van der Waals surface area contributed by atoms with Crippen LogP contribution in [-0.2, 0) is 19.1 Å². The third kappa shape index (κ3) is 4.55. The van der Waals surface area contributed by atoms with Crippen LogP contribution in [0.4, 0.5) is 0 Å². The Morgan fingerprint density at radius 2 is 1.65 bits per heavy atom. The van der Waals surface area contributed by atoms with Crippen molar-refractivity contribution in [3.05, 3.63) is 72.3 Å². The van der Waals surface area contributed by atoms with E-state index in [1.54, 1.807) is 12.2 Å². The van der Waals surface area contributed by atoms with Gasteiger partial charge in [-0.15, -0.1) is 0 Å². The zero-order valence-corrected chi connectivity index (χ0v) is 23.8. The Bertz CT molecular complexity index is 1330. The highest BCUT2D eigenvalue weighted by molar-refractivity contribution is 6.01. The Hall–Kier alpha value is -3.09.